The minimum atomic E-state index is -3.70. The molecule has 0 aromatic carbocycles. The number of nitriles is 1. The molecule has 16 heavy (non-hydrogen) atoms. The van der Waals surface area contributed by atoms with Crippen molar-refractivity contribution in [1.29, 1.82) is 5.26 Å². The van der Waals surface area contributed by atoms with Crippen molar-refractivity contribution in [2.45, 2.75) is 25.0 Å². The van der Waals surface area contributed by atoms with Crippen LogP contribution in [-0.4, -0.2) is 39.9 Å². The molecule has 1 N–H and O–H groups in total. The number of ether oxygens (including phenoxy) is 1. The van der Waals surface area contributed by atoms with E-state index in [1.807, 2.05) is 0 Å². The van der Waals surface area contributed by atoms with Gasteiger partial charge in [-0.1, -0.05) is 6.92 Å². The summed E-state index contributed by atoms with van der Waals surface area (Å²) in [5, 5.41) is 7.41. The second-order valence-corrected chi connectivity index (χ2v) is 4.88. The second kappa shape index (κ2) is 7.49. The zero-order chi connectivity index (χ0) is 12.6. The van der Waals surface area contributed by atoms with Gasteiger partial charge in [0, 0.05) is 6.54 Å². The molecule has 0 fully saturated rings. The zero-order valence-electron chi connectivity index (χ0n) is 8.82. The third-order valence-corrected chi connectivity index (χ3v) is 3.48. The van der Waals surface area contributed by atoms with Crippen molar-refractivity contribution < 1.29 is 21.9 Å². The molecule has 8 heteroatoms. The molecule has 0 rings (SSSR count). The van der Waals surface area contributed by atoms with Crippen molar-refractivity contribution in [1.82, 2.24) is 4.72 Å². The fourth-order valence-corrected chi connectivity index (χ4v) is 2.06. The molecule has 0 saturated carbocycles. The lowest BCUT2D eigenvalue weighted by Gasteiger charge is -2.09. The van der Waals surface area contributed by atoms with Crippen LogP contribution in [0.3, 0.4) is 0 Å². The minimum absolute atomic E-state index is 0.118. The van der Waals surface area contributed by atoms with Gasteiger partial charge in [-0.3, -0.25) is 0 Å². The van der Waals surface area contributed by atoms with E-state index >= 15 is 0 Å². The Morgan fingerprint density at radius 3 is 2.56 bits per heavy atom. The van der Waals surface area contributed by atoms with E-state index in [9.17, 15) is 17.2 Å². The fraction of sp³-hybridized carbons (Fsp3) is 0.875. The highest BCUT2D eigenvalue weighted by molar-refractivity contribution is 7.90. The molecule has 0 amide bonds. The summed E-state index contributed by atoms with van der Waals surface area (Å²) in [5.74, 6) is 0. The van der Waals surface area contributed by atoms with Crippen molar-refractivity contribution in [3.05, 3.63) is 0 Å². The van der Waals surface area contributed by atoms with Crippen molar-refractivity contribution in [2.24, 2.45) is 0 Å². The molecule has 0 spiro atoms. The zero-order valence-corrected chi connectivity index (χ0v) is 9.64. The summed E-state index contributed by atoms with van der Waals surface area (Å²) in [4.78, 5) is 0. The van der Waals surface area contributed by atoms with Crippen LogP contribution in [0.1, 0.15) is 13.3 Å². The maximum Gasteiger partial charge on any atom is 0.261 e. The van der Waals surface area contributed by atoms with E-state index in [-0.39, 0.29) is 19.6 Å². The average Bonchev–Trinajstić information content (AvgIpc) is 2.17. The predicted molar refractivity (Wildman–Crippen MR) is 53.4 cm³/mol. The first-order chi connectivity index (χ1) is 7.44. The summed E-state index contributed by atoms with van der Waals surface area (Å²) in [6.45, 7) is 0.580. The molecule has 0 aromatic heterocycles. The van der Waals surface area contributed by atoms with Gasteiger partial charge < -0.3 is 4.74 Å². The molecule has 0 aliphatic carbocycles. The quantitative estimate of drug-likeness (QED) is 0.641. The first kappa shape index (κ1) is 15.2. The van der Waals surface area contributed by atoms with E-state index in [2.05, 4.69) is 9.46 Å². The molecule has 0 radical (unpaired) electrons. The molecule has 0 aliphatic heterocycles. The highest BCUT2D eigenvalue weighted by Gasteiger charge is 2.22. The Hall–Kier alpha value is -0.780. The number of hydrogen-bond donors (Lipinski definition) is 1. The fourth-order valence-electron chi connectivity index (χ4n) is 0.909. The summed E-state index contributed by atoms with van der Waals surface area (Å²) in [7, 11) is -3.70. The van der Waals surface area contributed by atoms with Crippen molar-refractivity contribution in [3.8, 4) is 6.07 Å². The van der Waals surface area contributed by atoms with Crippen molar-refractivity contribution >= 4 is 10.0 Å². The number of rotatable bonds is 8. The van der Waals surface area contributed by atoms with Crippen molar-refractivity contribution in [3.63, 3.8) is 0 Å². The highest BCUT2D eigenvalue weighted by atomic mass is 32.2. The summed E-state index contributed by atoms with van der Waals surface area (Å²) in [6.07, 6.45) is -2.40. The van der Waals surface area contributed by atoms with E-state index in [1.54, 1.807) is 13.0 Å². The Morgan fingerprint density at radius 2 is 2.12 bits per heavy atom. The van der Waals surface area contributed by atoms with Crippen LogP contribution in [0.25, 0.3) is 0 Å². The molecule has 1 unspecified atom stereocenters. The van der Waals surface area contributed by atoms with Gasteiger partial charge in [0.2, 0.25) is 10.0 Å². The van der Waals surface area contributed by atoms with Gasteiger partial charge in [-0.2, -0.15) is 5.26 Å². The lowest BCUT2D eigenvalue weighted by atomic mass is 10.4. The maximum atomic E-state index is 11.6. The average molecular weight is 256 g/mol. The van der Waals surface area contributed by atoms with E-state index in [0.29, 0.717) is 0 Å². The Balaban J connectivity index is 3.89. The summed E-state index contributed by atoms with van der Waals surface area (Å²) >= 11 is 0. The number of sulfonamides is 1. The van der Waals surface area contributed by atoms with Crippen LogP contribution < -0.4 is 4.72 Å². The van der Waals surface area contributed by atoms with Gasteiger partial charge in [0.1, 0.15) is 6.61 Å². The number of nitrogens with one attached hydrogen (secondary N) is 1. The smallest absolute Gasteiger partial charge is 0.261 e. The van der Waals surface area contributed by atoms with Gasteiger partial charge in [-0.15, -0.1) is 0 Å². The predicted octanol–water partition coefficient (Wildman–Crippen LogP) is 0.490. The summed E-state index contributed by atoms with van der Waals surface area (Å²) in [6, 6.07) is 1.64. The molecular formula is C8H14F2N2O3S. The second-order valence-electron chi connectivity index (χ2n) is 2.93. The van der Waals surface area contributed by atoms with Crippen LogP contribution in [0.2, 0.25) is 0 Å². The third-order valence-electron chi connectivity index (χ3n) is 1.68. The molecule has 0 saturated heterocycles. The molecule has 0 aromatic rings. The molecule has 0 heterocycles. The Labute approximate surface area is 93.4 Å². The SMILES string of the molecule is CCC(C#N)S(=O)(=O)NCCOCC(F)F. The van der Waals surface area contributed by atoms with Gasteiger partial charge in [0.15, 0.2) is 5.25 Å². The molecule has 5 nitrogen and oxygen atoms in total. The first-order valence-corrected chi connectivity index (χ1v) is 6.22. The lowest BCUT2D eigenvalue weighted by molar-refractivity contribution is 0.0199. The highest BCUT2D eigenvalue weighted by Crippen LogP contribution is 2.01. The Bertz CT molecular complexity index is 327. The van der Waals surface area contributed by atoms with Crippen LogP contribution in [0.5, 0.6) is 0 Å². The normalized spacial score (nSPS) is 13.7. The largest absolute Gasteiger partial charge is 0.374 e. The lowest BCUT2D eigenvalue weighted by Crippen LogP contribution is -2.35. The van der Waals surface area contributed by atoms with E-state index < -0.39 is 28.3 Å². The van der Waals surface area contributed by atoms with Gasteiger partial charge in [0.25, 0.3) is 6.43 Å². The number of halogens is 2. The molecular weight excluding hydrogens is 242 g/mol. The number of alkyl halides is 2. The molecule has 1 atom stereocenters. The molecule has 94 valence electrons. The van der Waals surface area contributed by atoms with Gasteiger partial charge in [-0.05, 0) is 6.42 Å². The van der Waals surface area contributed by atoms with Crippen LogP contribution in [0.4, 0.5) is 8.78 Å². The monoisotopic (exact) mass is 256 g/mol. The Kier molecular flexibility index (Phi) is 7.12. The standard InChI is InChI=1S/C8H14F2N2O3S/c1-2-7(5-11)16(13,14)12-3-4-15-6-8(9)10/h7-8,12H,2-4,6H2,1H3. The van der Waals surface area contributed by atoms with Crippen LogP contribution in [0, 0.1) is 11.3 Å². The van der Waals surface area contributed by atoms with Crippen LogP contribution >= 0.6 is 0 Å². The van der Waals surface area contributed by atoms with Crippen LogP contribution in [0.15, 0.2) is 0 Å². The van der Waals surface area contributed by atoms with E-state index in [0.717, 1.165) is 0 Å². The van der Waals surface area contributed by atoms with Gasteiger partial charge in [-0.25, -0.2) is 21.9 Å². The topological polar surface area (TPSA) is 79.2 Å². The summed E-state index contributed by atoms with van der Waals surface area (Å²) < 4.78 is 52.6. The number of hydrogen-bond acceptors (Lipinski definition) is 4. The molecule has 0 aliphatic rings. The maximum absolute atomic E-state index is 11.6. The van der Waals surface area contributed by atoms with E-state index in [4.69, 9.17) is 5.26 Å². The van der Waals surface area contributed by atoms with Crippen molar-refractivity contribution in [2.75, 3.05) is 19.8 Å². The third kappa shape index (κ3) is 5.95. The van der Waals surface area contributed by atoms with Gasteiger partial charge in [0.05, 0.1) is 12.7 Å². The Morgan fingerprint density at radius 1 is 1.50 bits per heavy atom. The number of nitrogens with zero attached hydrogens (tertiary/aromatic N) is 1. The minimum Gasteiger partial charge on any atom is -0.374 e. The van der Waals surface area contributed by atoms with E-state index in [1.165, 1.54) is 0 Å². The van der Waals surface area contributed by atoms with Gasteiger partial charge >= 0.3 is 0 Å². The first-order valence-electron chi connectivity index (χ1n) is 4.68. The summed E-state index contributed by atoms with van der Waals surface area (Å²) in [5.41, 5.74) is 0. The molecule has 0 bridgehead atoms. The van der Waals surface area contributed by atoms with Crippen LogP contribution in [-0.2, 0) is 14.8 Å².